The van der Waals surface area contributed by atoms with Crippen LogP contribution in [0.15, 0.2) is 59.8 Å². The second kappa shape index (κ2) is 7.85. The van der Waals surface area contributed by atoms with E-state index in [1.165, 1.54) is 11.8 Å². The summed E-state index contributed by atoms with van der Waals surface area (Å²) in [6.45, 7) is 1.82. The minimum absolute atomic E-state index is 0.135. The first-order valence-corrected chi connectivity index (χ1v) is 8.89. The second-order valence-corrected chi connectivity index (χ2v) is 6.98. The van der Waals surface area contributed by atoms with Crippen LogP contribution in [0.1, 0.15) is 12.5 Å². The van der Waals surface area contributed by atoms with Gasteiger partial charge in [-0.1, -0.05) is 42.1 Å². The van der Waals surface area contributed by atoms with Crippen molar-refractivity contribution < 1.29 is 4.79 Å². The fraction of sp³-hybridized carbons (Fsp3) is 0.158. The predicted octanol–water partition coefficient (Wildman–Crippen LogP) is 3.47. The lowest BCUT2D eigenvalue weighted by Gasteiger charge is -2.11. The summed E-state index contributed by atoms with van der Waals surface area (Å²) >= 11 is 1.35. The van der Waals surface area contributed by atoms with Crippen LogP contribution in [-0.4, -0.2) is 25.9 Å². The van der Waals surface area contributed by atoms with E-state index in [4.69, 9.17) is 5.26 Å². The van der Waals surface area contributed by atoms with Crippen LogP contribution in [0.3, 0.4) is 0 Å². The zero-order valence-electron chi connectivity index (χ0n) is 14.4. The molecule has 0 bridgehead atoms. The molecule has 1 N–H and O–H groups in total. The summed E-state index contributed by atoms with van der Waals surface area (Å²) in [6, 6.07) is 18.6. The Bertz CT molecular complexity index is 944. The summed E-state index contributed by atoms with van der Waals surface area (Å²) < 4.78 is 1.88. The Morgan fingerprint density at radius 2 is 1.85 bits per heavy atom. The van der Waals surface area contributed by atoms with Gasteiger partial charge in [0.25, 0.3) is 0 Å². The molecule has 2 aromatic carbocycles. The molecular weight excluding hydrogens is 346 g/mol. The minimum atomic E-state index is -0.350. The van der Waals surface area contributed by atoms with E-state index in [0.29, 0.717) is 16.4 Å². The van der Waals surface area contributed by atoms with Crippen molar-refractivity contribution in [2.24, 2.45) is 7.05 Å². The standard InChI is InChI=1S/C19H17N5OS/c1-13(18(25)21-16-10-8-14(12-20)9-11-16)26-19-23-22-17(24(19)2)15-6-4-3-5-7-15/h3-11,13H,1-2H3,(H,21,25)/t13-/m1/s1. The molecule has 0 spiro atoms. The van der Waals surface area contributed by atoms with Gasteiger partial charge < -0.3 is 9.88 Å². The number of hydrogen-bond acceptors (Lipinski definition) is 5. The second-order valence-electron chi connectivity index (χ2n) is 5.67. The molecule has 1 amide bonds. The molecule has 26 heavy (non-hydrogen) atoms. The maximum Gasteiger partial charge on any atom is 0.237 e. The van der Waals surface area contributed by atoms with E-state index < -0.39 is 0 Å². The highest BCUT2D eigenvalue weighted by Crippen LogP contribution is 2.26. The van der Waals surface area contributed by atoms with Crippen molar-refractivity contribution in [2.75, 3.05) is 5.32 Å². The van der Waals surface area contributed by atoms with E-state index >= 15 is 0 Å². The first kappa shape index (κ1) is 17.7. The van der Waals surface area contributed by atoms with E-state index in [2.05, 4.69) is 21.6 Å². The van der Waals surface area contributed by atoms with Gasteiger partial charge in [-0.25, -0.2) is 0 Å². The number of amides is 1. The molecule has 3 rings (SSSR count). The van der Waals surface area contributed by atoms with Gasteiger partial charge in [0, 0.05) is 18.3 Å². The number of benzene rings is 2. The van der Waals surface area contributed by atoms with E-state index in [9.17, 15) is 4.79 Å². The highest BCUT2D eigenvalue weighted by Gasteiger charge is 2.19. The molecular formula is C19H17N5OS. The Morgan fingerprint density at radius 3 is 2.50 bits per heavy atom. The number of rotatable bonds is 5. The summed E-state index contributed by atoms with van der Waals surface area (Å²) in [7, 11) is 1.88. The zero-order valence-corrected chi connectivity index (χ0v) is 15.2. The van der Waals surface area contributed by atoms with Crippen molar-refractivity contribution in [3.05, 3.63) is 60.2 Å². The smallest absolute Gasteiger partial charge is 0.237 e. The zero-order chi connectivity index (χ0) is 18.5. The molecule has 0 aliphatic heterocycles. The molecule has 0 radical (unpaired) electrons. The van der Waals surface area contributed by atoms with Gasteiger partial charge in [-0.05, 0) is 31.2 Å². The Morgan fingerprint density at radius 1 is 1.15 bits per heavy atom. The lowest BCUT2D eigenvalue weighted by atomic mass is 10.2. The maximum absolute atomic E-state index is 12.4. The van der Waals surface area contributed by atoms with Gasteiger partial charge in [-0.3, -0.25) is 4.79 Å². The lowest BCUT2D eigenvalue weighted by Crippen LogP contribution is -2.22. The molecule has 0 saturated heterocycles. The summed E-state index contributed by atoms with van der Waals surface area (Å²) in [4.78, 5) is 12.4. The third kappa shape index (κ3) is 3.92. The molecule has 1 aromatic heterocycles. The van der Waals surface area contributed by atoms with Gasteiger partial charge >= 0.3 is 0 Å². The Kier molecular flexibility index (Phi) is 5.34. The quantitative estimate of drug-likeness (QED) is 0.702. The van der Waals surface area contributed by atoms with Crippen LogP contribution in [0, 0.1) is 11.3 Å². The van der Waals surface area contributed by atoms with Crippen LogP contribution in [0.25, 0.3) is 11.4 Å². The lowest BCUT2D eigenvalue weighted by molar-refractivity contribution is -0.115. The van der Waals surface area contributed by atoms with E-state index in [1.807, 2.05) is 48.9 Å². The van der Waals surface area contributed by atoms with Gasteiger partial charge in [0.05, 0.1) is 16.9 Å². The number of carbonyl (C=O) groups is 1. The van der Waals surface area contributed by atoms with Crippen molar-refractivity contribution in [1.29, 1.82) is 5.26 Å². The van der Waals surface area contributed by atoms with Crippen LogP contribution in [0.2, 0.25) is 0 Å². The third-order valence-electron chi connectivity index (χ3n) is 3.80. The van der Waals surface area contributed by atoms with Gasteiger partial charge in [0.1, 0.15) is 0 Å². The van der Waals surface area contributed by atoms with Gasteiger partial charge in [-0.15, -0.1) is 10.2 Å². The van der Waals surface area contributed by atoms with Crippen LogP contribution in [-0.2, 0) is 11.8 Å². The molecule has 0 aliphatic carbocycles. The summed E-state index contributed by atoms with van der Waals surface area (Å²) in [5, 5.41) is 20.4. The molecule has 130 valence electrons. The number of anilines is 1. The molecule has 6 nitrogen and oxygen atoms in total. The molecule has 7 heteroatoms. The Hall–Kier alpha value is -3.11. The number of carbonyl (C=O) groups excluding carboxylic acids is 1. The van der Waals surface area contributed by atoms with Crippen LogP contribution >= 0.6 is 11.8 Å². The van der Waals surface area contributed by atoms with Crippen molar-refractivity contribution >= 4 is 23.4 Å². The number of hydrogen-bond donors (Lipinski definition) is 1. The number of nitrogens with zero attached hydrogens (tertiary/aromatic N) is 4. The fourth-order valence-corrected chi connectivity index (χ4v) is 3.15. The molecule has 1 atom stereocenters. The predicted molar refractivity (Wildman–Crippen MR) is 102 cm³/mol. The van der Waals surface area contributed by atoms with Crippen molar-refractivity contribution in [2.45, 2.75) is 17.3 Å². The molecule has 0 saturated carbocycles. The average molecular weight is 363 g/mol. The van der Waals surface area contributed by atoms with E-state index in [0.717, 1.165) is 11.4 Å². The van der Waals surface area contributed by atoms with Crippen LogP contribution in [0.4, 0.5) is 5.69 Å². The summed E-state index contributed by atoms with van der Waals surface area (Å²) in [6.07, 6.45) is 0. The summed E-state index contributed by atoms with van der Waals surface area (Å²) in [5.74, 6) is 0.622. The monoisotopic (exact) mass is 363 g/mol. The first-order valence-electron chi connectivity index (χ1n) is 8.01. The van der Waals surface area contributed by atoms with Crippen molar-refractivity contribution in [3.8, 4) is 17.5 Å². The number of thioether (sulfide) groups is 1. The Labute approximate surface area is 155 Å². The molecule has 0 fully saturated rings. The summed E-state index contributed by atoms with van der Waals surface area (Å²) in [5.41, 5.74) is 2.19. The Balaban J connectivity index is 1.67. The molecule has 1 heterocycles. The van der Waals surface area contributed by atoms with E-state index in [1.54, 1.807) is 24.3 Å². The van der Waals surface area contributed by atoms with Crippen LogP contribution in [0.5, 0.6) is 0 Å². The number of nitriles is 1. The van der Waals surface area contributed by atoms with Crippen molar-refractivity contribution in [3.63, 3.8) is 0 Å². The number of nitrogens with one attached hydrogen (secondary N) is 1. The SMILES string of the molecule is C[C@@H](Sc1nnc(-c2ccccc2)n1C)C(=O)Nc1ccc(C#N)cc1. The minimum Gasteiger partial charge on any atom is -0.325 e. The largest absolute Gasteiger partial charge is 0.325 e. The molecule has 3 aromatic rings. The third-order valence-corrected chi connectivity index (χ3v) is 4.93. The molecule has 0 aliphatic rings. The average Bonchev–Trinajstić information content (AvgIpc) is 3.03. The normalized spacial score (nSPS) is 11.6. The van der Waals surface area contributed by atoms with Gasteiger partial charge in [-0.2, -0.15) is 5.26 Å². The van der Waals surface area contributed by atoms with E-state index in [-0.39, 0.29) is 11.2 Å². The van der Waals surface area contributed by atoms with Crippen LogP contribution < -0.4 is 5.32 Å². The topological polar surface area (TPSA) is 83.6 Å². The van der Waals surface area contributed by atoms with Crippen molar-refractivity contribution in [1.82, 2.24) is 14.8 Å². The van der Waals surface area contributed by atoms with Gasteiger partial charge in [0.15, 0.2) is 11.0 Å². The maximum atomic E-state index is 12.4. The fourth-order valence-electron chi connectivity index (χ4n) is 2.34. The van der Waals surface area contributed by atoms with Gasteiger partial charge in [0.2, 0.25) is 5.91 Å². The number of aromatic nitrogens is 3. The molecule has 0 unspecified atom stereocenters. The highest BCUT2D eigenvalue weighted by molar-refractivity contribution is 8.00. The first-order chi connectivity index (χ1) is 12.6. The highest BCUT2D eigenvalue weighted by atomic mass is 32.2.